The SMILES string of the molecule is CCNC(Cc1ccc(Cl)cc1)Cc1cnn(C)c1. The Kier molecular flexibility index (Phi) is 5.00. The van der Waals surface area contributed by atoms with Crippen molar-refractivity contribution in [2.75, 3.05) is 6.54 Å². The summed E-state index contributed by atoms with van der Waals surface area (Å²) in [7, 11) is 1.95. The van der Waals surface area contributed by atoms with Crippen LogP contribution in [0.15, 0.2) is 36.7 Å². The standard InChI is InChI=1S/C15H20ClN3/c1-3-17-15(9-13-10-18-19(2)11-13)8-12-4-6-14(16)7-5-12/h4-7,10-11,15,17H,3,8-9H2,1-2H3. The maximum Gasteiger partial charge on any atom is 0.0522 e. The summed E-state index contributed by atoms with van der Waals surface area (Å²) in [5, 5.41) is 8.54. The molecule has 0 spiro atoms. The van der Waals surface area contributed by atoms with E-state index in [-0.39, 0.29) is 0 Å². The van der Waals surface area contributed by atoms with E-state index in [1.807, 2.05) is 30.1 Å². The van der Waals surface area contributed by atoms with Gasteiger partial charge in [-0.05, 0) is 42.6 Å². The van der Waals surface area contributed by atoms with Crippen LogP contribution in [0.1, 0.15) is 18.1 Å². The topological polar surface area (TPSA) is 29.9 Å². The van der Waals surface area contributed by atoms with Crippen molar-refractivity contribution >= 4 is 11.6 Å². The molecule has 2 aromatic rings. The molecule has 1 aromatic heterocycles. The summed E-state index contributed by atoms with van der Waals surface area (Å²) in [5.74, 6) is 0. The number of nitrogens with zero attached hydrogens (tertiary/aromatic N) is 2. The molecule has 0 amide bonds. The van der Waals surface area contributed by atoms with E-state index in [4.69, 9.17) is 11.6 Å². The van der Waals surface area contributed by atoms with Crippen LogP contribution < -0.4 is 5.32 Å². The van der Waals surface area contributed by atoms with Gasteiger partial charge in [-0.25, -0.2) is 0 Å². The van der Waals surface area contributed by atoms with Crippen molar-refractivity contribution in [1.82, 2.24) is 15.1 Å². The van der Waals surface area contributed by atoms with Gasteiger partial charge >= 0.3 is 0 Å². The number of likely N-dealkylation sites (N-methyl/N-ethyl adjacent to an activating group) is 1. The smallest absolute Gasteiger partial charge is 0.0522 e. The molecule has 19 heavy (non-hydrogen) atoms. The lowest BCUT2D eigenvalue weighted by molar-refractivity contribution is 0.521. The first kappa shape index (κ1) is 14.1. The predicted octanol–water partition coefficient (Wildman–Crippen LogP) is 2.84. The van der Waals surface area contributed by atoms with Crippen molar-refractivity contribution in [2.24, 2.45) is 7.05 Å². The molecule has 0 fully saturated rings. The Hall–Kier alpha value is -1.32. The summed E-state index contributed by atoms with van der Waals surface area (Å²) < 4.78 is 1.85. The Morgan fingerprint density at radius 3 is 2.47 bits per heavy atom. The van der Waals surface area contributed by atoms with E-state index in [9.17, 15) is 0 Å². The minimum absolute atomic E-state index is 0.426. The number of halogens is 1. The molecule has 2 rings (SSSR count). The van der Waals surface area contributed by atoms with Crippen molar-refractivity contribution in [3.63, 3.8) is 0 Å². The Bertz CT molecular complexity index is 504. The molecule has 1 unspecified atom stereocenters. The first-order chi connectivity index (χ1) is 9.17. The maximum atomic E-state index is 5.92. The Labute approximate surface area is 119 Å². The molecule has 102 valence electrons. The van der Waals surface area contributed by atoms with Crippen LogP contribution in [0.25, 0.3) is 0 Å². The monoisotopic (exact) mass is 277 g/mol. The lowest BCUT2D eigenvalue weighted by Crippen LogP contribution is -2.32. The Balaban J connectivity index is 2.01. The molecule has 0 bridgehead atoms. The van der Waals surface area contributed by atoms with Gasteiger partial charge in [-0.15, -0.1) is 0 Å². The summed E-state index contributed by atoms with van der Waals surface area (Å²) in [4.78, 5) is 0. The third kappa shape index (κ3) is 4.37. The van der Waals surface area contributed by atoms with Crippen LogP contribution in [-0.4, -0.2) is 22.4 Å². The highest BCUT2D eigenvalue weighted by Gasteiger charge is 2.10. The van der Waals surface area contributed by atoms with Crippen molar-refractivity contribution in [2.45, 2.75) is 25.8 Å². The molecule has 0 saturated carbocycles. The fourth-order valence-electron chi connectivity index (χ4n) is 2.27. The van der Waals surface area contributed by atoms with E-state index >= 15 is 0 Å². The minimum atomic E-state index is 0.426. The van der Waals surface area contributed by atoms with E-state index in [0.717, 1.165) is 24.4 Å². The number of hydrogen-bond donors (Lipinski definition) is 1. The van der Waals surface area contributed by atoms with Gasteiger partial charge in [-0.1, -0.05) is 30.7 Å². The van der Waals surface area contributed by atoms with E-state index < -0.39 is 0 Å². The first-order valence-electron chi connectivity index (χ1n) is 6.62. The van der Waals surface area contributed by atoms with Crippen LogP contribution in [-0.2, 0) is 19.9 Å². The van der Waals surface area contributed by atoms with Gasteiger partial charge in [0.2, 0.25) is 0 Å². The van der Waals surface area contributed by atoms with Gasteiger partial charge in [0.05, 0.1) is 6.20 Å². The van der Waals surface area contributed by atoms with E-state index in [1.54, 1.807) is 0 Å². The van der Waals surface area contributed by atoms with Gasteiger partial charge in [0.25, 0.3) is 0 Å². The molecule has 1 N–H and O–H groups in total. The highest BCUT2D eigenvalue weighted by atomic mass is 35.5. The van der Waals surface area contributed by atoms with Crippen molar-refractivity contribution in [3.05, 3.63) is 52.8 Å². The molecule has 0 aliphatic heterocycles. The molecule has 3 nitrogen and oxygen atoms in total. The number of aromatic nitrogens is 2. The van der Waals surface area contributed by atoms with Crippen LogP contribution >= 0.6 is 11.6 Å². The maximum absolute atomic E-state index is 5.92. The Morgan fingerprint density at radius 1 is 1.21 bits per heavy atom. The second kappa shape index (κ2) is 6.73. The summed E-state index contributed by atoms with van der Waals surface area (Å²) in [6, 6.07) is 8.51. The van der Waals surface area contributed by atoms with Gasteiger partial charge < -0.3 is 5.32 Å². The summed E-state index contributed by atoms with van der Waals surface area (Å²) >= 11 is 5.92. The quantitative estimate of drug-likeness (QED) is 0.880. The molecule has 1 atom stereocenters. The number of hydrogen-bond acceptors (Lipinski definition) is 2. The minimum Gasteiger partial charge on any atom is -0.314 e. The number of nitrogens with one attached hydrogen (secondary N) is 1. The van der Waals surface area contributed by atoms with Gasteiger partial charge in [-0.2, -0.15) is 5.10 Å². The molecule has 0 aliphatic carbocycles. The highest BCUT2D eigenvalue weighted by molar-refractivity contribution is 6.30. The van der Waals surface area contributed by atoms with E-state index in [0.29, 0.717) is 6.04 Å². The van der Waals surface area contributed by atoms with Crippen LogP contribution in [0.3, 0.4) is 0 Å². The van der Waals surface area contributed by atoms with Crippen LogP contribution in [0.4, 0.5) is 0 Å². The van der Waals surface area contributed by atoms with E-state index in [1.165, 1.54) is 11.1 Å². The molecular weight excluding hydrogens is 258 g/mol. The fourth-order valence-corrected chi connectivity index (χ4v) is 2.40. The lowest BCUT2D eigenvalue weighted by Gasteiger charge is -2.17. The van der Waals surface area contributed by atoms with Crippen LogP contribution in [0, 0.1) is 0 Å². The second-order valence-electron chi connectivity index (χ2n) is 4.81. The predicted molar refractivity (Wildman–Crippen MR) is 79.5 cm³/mol. The molecule has 0 aliphatic rings. The lowest BCUT2D eigenvalue weighted by atomic mass is 10.0. The zero-order valence-corrected chi connectivity index (χ0v) is 12.2. The third-order valence-corrected chi connectivity index (χ3v) is 3.38. The molecule has 1 aromatic carbocycles. The fraction of sp³-hybridized carbons (Fsp3) is 0.400. The average molecular weight is 278 g/mol. The van der Waals surface area contributed by atoms with Crippen LogP contribution in [0.2, 0.25) is 5.02 Å². The number of rotatable bonds is 6. The van der Waals surface area contributed by atoms with Crippen molar-refractivity contribution in [1.29, 1.82) is 0 Å². The largest absolute Gasteiger partial charge is 0.314 e. The van der Waals surface area contributed by atoms with Gasteiger partial charge in [0.1, 0.15) is 0 Å². The number of benzene rings is 1. The molecule has 1 heterocycles. The normalized spacial score (nSPS) is 12.6. The Morgan fingerprint density at radius 2 is 1.89 bits per heavy atom. The molecule has 0 radical (unpaired) electrons. The molecular formula is C15H20ClN3. The van der Waals surface area contributed by atoms with Crippen molar-refractivity contribution < 1.29 is 0 Å². The molecule has 0 saturated heterocycles. The number of aryl methyl sites for hydroxylation is 1. The first-order valence-corrected chi connectivity index (χ1v) is 7.00. The second-order valence-corrected chi connectivity index (χ2v) is 5.25. The van der Waals surface area contributed by atoms with Crippen LogP contribution in [0.5, 0.6) is 0 Å². The van der Waals surface area contributed by atoms with Gasteiger partial charge in [0.15, 0.2) is 0 Å². The summed E-state index contributed by atoms with van der Waals surface area (Å²) in [6.07, 6.45) is 6.00. The summed E-state index contributed by atoms with van der Waals surface area (Å²) in [6.45, 7) is 3.11. The average Bonchev–Trinajstić information content (AvgIpc) is 2.78. The highest BCUT2D eigenvalue weighted by Crippen LogP contribution is 2.13. The zero-order chi connectivity index (χ0) is 13.7. The zero-order valence-electron chi connectivity index (χ0n) is 11.4. The van der Waals surface area contributed by atoms with Gasteiger partial charge in [0, 0.05) is 24.3 Å². The molecule has 4 heteroatoms. The third-order valence-electron chi connectivity index (χ3n) is 3.13. The van der Waals surface area contributed by atoms with Crippen molar-refractivity contribution in [3.8, 4) is 0 Å². The summed E-state index contributed by atoms with van der Waals surface area (Å²) in [5.41, 5.74) is 2.57. The van der Waals surface area contributed by atoms with E-state index in [2.05, 4.69) is 35.7 Å². The van der Waals surface area contributed by atoms with Gasteiger partial charge in [-0.3, -0.25) is 4.68 Å².